The maximum atomic E-state index is 12.4. The normalized spacial score (nSPS) is 11.6. The molecule has 0 radical (unpaired) electrons. The molecule has 0 aliphatic carbocycles. The highest BCUT2D eigenvalue weighted by molar-refractivity contribution is 5.87. The van der Waals surface area contributed by atoms with Crippen LogP contribution in [0.2, 0.25) is 0 Å². The Hall–Kier alpha value is -5.68. The number of aliphatic hydroxyl groups is 1. The van der Waals surface area contributed by atoms with Crippen LogP contribution in [0.25, 0.3) is 0 Å². The van der Waals surface area contributed by atoms with Crippen LogP contribution in [-0.4, -0.2) is 164 Å². The third-order valence-electron chi connectivity index (χ3n) is 13.0. The van der Waals surface area contributed by atoms with E-state index < -0.39 is 64.1 Å². The fourth-order valence-corrected chi connectivity index (χ4v) is 5.88. The second-order valence-corrected chi connectivity index (χ2v) is 22.9. The Morgan fingerprint density at radius 2 is 0.651 bits per heavy atom. The Balaban J connectivity index is -0.000000690. The maximum Gasteiger partial charge on any atom is 0.333 e. The van der Waals surface area contributed by atoms with Crippen LogP contribution in [0.3, 0.4) is 0 Å². The van der Waals surface area contributed by atoms with Gasteiger partial charge in [-0.05, 0) is 106 Å². The highest BCUT2D eigenvalue weighted by Crippen LogP contribution is 2.28. The highest BCUT2D eigenvalue weighted by Gasteiger charge is 2.41. The fourth-order valence-electron chi connectivity index (χ4n) is 5.88. The lowest BCUT2D eigenvalue weighted by atomic mass is 9.90. The summed E-state index contributed by atoms with van der Waals surface area (Å²) in [5.41, 5.74) is -3.61. The molecule has 1 atom stereocenters. The van der Waals surface area contributed by atoms with E-state index in [1.165, 1.54) is 14.0 Å². The topological polar surface area (TPSA) is 302 Å². The predicted octanol–water partition coefficient (Wildman–Crippen LogP) is 9.69. The standard InChI is InChI=1S/C34H58O13.C13H22O5.C9H18O3.C7H14O2/c1-7-13-27(35)42-21-33(22-43-28(36)14-8-2,23-44-29(37)15-9-3)19-41-20-34(24-45-30(38)16-10-4,25-46-31(39)17-11-5)26-47-32(40)18-12-6;1-6-13(4,5)12(16)18-8-10(14)7-17-11(15)9(2)3;1-5-9(2,3)8(10)12-7-6-11-4;1-5-7(2,3)6(8)9-4/h7-26H2,1-6H3;10,14H,2,6-8H2,1,3-5H3;5-7H2,1-4H3;5H2,1-4H3. The molecule has 0 saturated heterocycles. The van der Waals surface area contributed by atoms with E-state index in [-0.39, 0.29) is 139 Å². The Kier molecular flexibility index (Phi) is 49.8. The summed E-state index contributed by atoms with van der Waals surface area (Å²) < 4.78 is 63.3. The molecule has 23 heteroatoms. The lowest BCUT2D eigenvalue weighted by molar-refractivity contribution is -0.175. The maximum absolute atomic E-state index is 12.4. The van der Waals surface area contributed by atoms with Crippen LogP contribution in [0.15, 0.2) is 12.2 Å². The third kappa shape index (κ3) is 43.0. The number of carbonyl (C=O) groups excluding carboxylic acids is 10. The number of hydrogen-bond acceptors (Lipinski definition) is 23. The van der Waals surface area contributed by atoms with Gasteiger partial charge in [0.25, 0.3) is 0 Å². The van der Waals surface area contributed by atoms with Gasteiger partial charge < -0.3 is 61.9 Å². The number of rotatable bonds is 42. The molecule has 0 aliphatic heterocycles. The quantitative estimate of drug-likeness (QED) is 0.0257. The van der Waals surface area contributed by atoms with E-state index in [1.807, 2.05) is 90.0 Å². The molecule has 86 heavy (non-hydrogen) atoms. The van der Waals surface area contributed by atoms with Gasteiger partial charge in [-0.1, -0.05) is 68.9 Å². The van der Waals surface area contributed by atoms with Crippen molar-refractivity contribution in [1.82, 2.24) is 0 Å². The van der Waals surface area contributed by atoms with Crippen molar-refractivity contribution in [3.63, 3.8) is 0 Å². The molecule has 0 fully saturated rings. The van der Waals surface area contributed by atoms with Gasteiger partial charge in [-0.15, -0.1) is 0 Å². The van der Waals surface area contributed by atoms with E-state index in [0.717, 1.165) is 12.8 Å². The highest BCUT2D eigenvalue weighted by atomic mass is 16.6. The fraction of sp³-hybridized carbons (Fsp3) is 0.810. The molecule has 0 aromatic heterocycles. The lowest BCUT2D eigenvalue weighted by Crippen LogP contribution is -2.47. The van der Waals surface area contributed by atoms with Crippen molar-refractivity contribution in [3.8, 4) is 0 Å². The average molecular weight is 1240 g/mol. The number of methoxy groups -OCH3 is 2. The van der Waals surface area contributed by atoms with Gasteiger partial charge in [-0.25, -0.2) is 4.79 Å². The first-order chi connectivity index (χ1) is 40.2. The molecule has 0 aliphatic rings. The summed E-state index contributed by atoms with van der Waals surface area (Å²) in [6.07, 6.45) is 5.44. The molecule has 1 N–H and O–H groups in total. The van der Waals surface area contributed by atoms with Gasteiger partial charge in [0.1, 0.15) is 65.6 Å². The first kappa shape index (κ1) is 86.8. The summed E-state index contributed by atoms with van der Waals surface area (Å²) >= 11 is 0. The van der Waals surface area contributed by atoms with Crippen LogP contribution in [0.5, 0.6) is 0 Å². The molecule has 0 saturated carbocycles. The molecule has 0 amide bonds. The first-order valence-electron chi connectivity index (χ1n) is 30.2. The molecule has 1 unspecified atom stereocenters. The van der Waals surface area contributed by atoms with Crippen LogP contribution in [-0.2, 0) is 105 Å². The minimum absolute atomic E-state index is 0.134. The van der Waals surface area contributed by atoms with Gasteiger partial charge in [-0.3, -0.25) is 43.2 Å². The molecular weight excluding hydrogens is 1120 g/mol. The monoisotopic (exact) mass is 1240 g/mol. The molecule has 0 spiro atoms. The third-order valence-corrected chi connectivity index (χ3v) is 13.0. The SMILES string of the molecule is C=C(C)C(=O)OCC(O)COC(=O)C(C)(C)CC.CCC(C)(C)C(=O)OC.CCC(C)(C)C(=O)OCCOC.CCCC(=O)OCC(COCC(COC(=O)CCC)(COC(=O)CCC)COC(=O)CCC)(COC(=O)CCC)COC(=O)CCC. The Bertz CT molecular complexity index is 1790. The lowest BCUT2D eigenvalue weighted by Gasteiger charge is -2.35. The van der Waals surface area contributed by atoms with Crippen LogP contribution in [0.4, 0.5) is 0 Å². The Morgan fingerprint density at radius 1 is 0.384 bits per heavy atom. The number of carbonyl (C=O) groups is 10. The zero-order valence-electron chi connectivity index (χ0n) is 55.8. The van der Waals surface area contributed by atoms with Crippen LogP contribution in [0, 0.1) is 27.1 Å². The summed E-state index contributed by atoms with van der Waals surface area (Å²) in [6, 6.07) is 0. The average Bonchev–Trinajstić information content (AvgIpc) is 3.21. The van der Waals surface area contributed by atoms with E-state index in [2.05, 4.69) is 11.3 Å². The summed E-state index contributed by atoms with van der Waals surface area (Å²) in [5, 5.41) is 9.48. The molecule has 502 valence electrons. The molecular formula is C63H112O23. The van der Waals surface area contributed by atoms with E-state index in [4.69, 9.17) is 52.1 Å². The predicted molar refractivity (Wildman–Crippen MR) is 321 cm³/mol. The number of aliphatic hydroxyl groups excluding tert-OH is 1. The second-order valence-electron chi connectivity index (χ2n) is 22.9. The first-order valence-corrected chi connectivity index (χ1v) is 30.2. The summed E-state index contributed by atoms with van der Waals surface area (Å²) in [7, 11) is 3.00. The zero-order chi connectivity index (χ0) is 67.0. The van der Waals surface area contributed by atoms with Crippen molar-refractivity contribution in [2.45, 2.75) is 213 Å². The zero-order valence-corrected chi connectivity index (χ0v) is 55.8. The second kappa shape index (κ2) is 49.3. The van der Waals surface area contributed by atoms with Crippen LogP contribution >= 0.6 is 0 Å². The van der Waals surface area contributed by atoms with E-state index >= 15 is 0 Å². The molecule has 0 heterocycles. The molecule has 0 aromatic carbocycles. The molecule has 0 bridgehead atoms. The molecule has 0 rings (SSSR count). The number of hydrogen-bond donors (Lipinski definition) is 1. The van der Waals surface area contributed by atoms with Crippen molar-refractivity contribution in [3.05, 3.63) is 12.2 Å². The summed E-state index contributed by atoms with van der Waals surface area (Å²) in [5.74, 6) is -4.16. The molecule has 23 nitrogen and oxygen atoms in total. The summed E-state index contributed by atoms with van der Waals surface area (Å²) in [6.45, 7) is 30.9. The van der Waals surface area contributed by atoms with Crippen molar-refractivity contribution in [2.24, 2.45) is 27.1 Å². The van der Waals surface area contributed by atoms with Gasteiger partial charge in [0, 0.05) is 51.2 Å². The van der Waals surface area contributed by atoms with Crippen LogP contribution < -0.4 is 0 Å². The minimum atomic E-state index is -1.31. The van der Waals surface area contributed by atoms with Crippen molar-refractivity contribution < 1.29 is 110 Å². The Labute approximate surface area is 513 Å². The smallest absolute Gasteiger partial charge is 0.333 e. The summed E-state index contributed by atoms with van der Waals surface area (Å²) in [4.78, 5) is 119. The number of esters is 10. The van der Waals surface area contributed by atoms with Gasteiger partial charge in [0.05, 0.1) is 54.0 Å². The number of ether oxygens (including phenoxy) is 12. The Morgan fingerprint density at radius 3 is 0.884 bits per heavy atom. The van der Waals surface area contributed by atoms with Gasteiger partial charge >= 0.3 is 59.7 Å². The van der Waals surface area contributed by atoms with Crippen LogP contribution in [0.1, 0.15) is 207 Å². The van der Waals surface area contributed by atoms with E-state index in [1.54, 1.807) is 21.0 Å². The van der Waals surface area contributed by atoms with Crippen molar-refractivity contribution >= 4 is 59.7 Å². The van der Waals surface area contributed by atoms with E-state index in [9.17, 15) is 53.1 Å². The molecule has 0 aromatic rings. The van der Waals surface area contributed by atoms with E-state index in [0.29, 0.717) is 58.2 Å². The van der Waals surface area contributed by atoms with Crippen molar-refractivity contribution in [2.75, 3.05) is 93.5 Å². The van der Waals surface area contributed by atoms with Gasteiger partial charge in [-0.2, -0.15) is 0 Å². The van der Waals surface area contributed by atoms with Crippen molar-refractivity contribution in [1.29, 1.82) is 0 Å². The van der Waals surface area contributed by atoms with Gasteiger partial charge in [0.15, 0.2) is 0 Å². The van der Waals surface area contributed by atoms with Gasteiger partial charge in [0.2, 0.25) is 0 Å². The minimum Gasteiger partial charge on any atom is -0.469 e. The largest absolute Gasteiger partial charge is 0.469 e.